The highest BCUT2D eigenvalue weighted by Crippen LogP contribution is 2.28. The summed E-state index contributed by atoms with van der Waals surface area (Å²) in [4.78, 5) is 34.8. The van der Waals surface area contributed by atoms with E-state index in [2.05, 4.69) is 91.7 Å². The van der Waals surface area contributed by atoms with Crippen LogP contribution in [0.3, 0.4) is 0 Å². The van der Waals surface area contributed by atoms with Crippen LogP contribution in [-0.2, 0) is 29.8 Å². The van der Waals surface area contributed by atoms with E-state index in [0.29, 0.717) is 19.6 Å². The lowest BCUT2D eigenvalue weighted by Crippen LogP contribution is -2.43. The first-order valence-corrected chi connectivity index (χ1v) is 17.6. The van der Waals surface area contributed by atoms with E-state index in [1.165, 1.54) is 12.0 Å². The van der Waals surface area contributed by atoms with Gasteiger partial charge in [-0.25, -0.2) is 9.59 Å². The molecule has 1 aromatic heterocycles. The highest BCUT2D eigenvalue weighted by atomic mass is 16.6. The van der Waals surface area contributed by atoms with Crippen LogP contribution in [-0.4, -0.2) is 38.6 Å². The summed E-state index contributed by atoms with van der Waals surface area (Å²) in [6.07, 6.45) is 8.88. The third kappa shape index (κ3) is 10.4. The minimum atomic E-state index is -0.530. The molecule has 1 heterocycles. The van der Waals surface area contributed by atoms with Crippen LogP contribution in [0.5, 0.6) is 0 Å². The van der Waals surface area contributed by atoms with Crippen molar-refractivity contribution < 1.29 is 14.3 Å². The number of nitrogens with one attached hydrogen (secondary N) is 1. The number of carbonyl (C=O) groups is 2. The van der Waals surface area contributed by atoms with E-state index in [4.69, 9.17) is 4.74 Å². The molecular formula is C42H52N4O3. The number of benzene rings is 3. The lowest BCUT2D eigenvalue weighted by molar-refractivity contribution is 0.00988. The summed E-state index contributed by atoms with van der Waals surface area (Å²) < 4.78 is 5.81. The van der Waals surface area contributed by atoms with E-state index < -0.39 is 5.60 Å². The second kappa shape index (κ2) is 15.7. The van der Waals surface area contributed by atoms with Crippen molar-refractivity contribution in [2.75, 3.05) is 5.32 Å². The largest absolute Gasteiger partial charge is 0.444 e. The zero-order valence-electron chi connectivity index (χ0n) is 30.0. The number of urea groups is 1. The van der Waals surface area contributed by atoms with Gasteiger partial charge in [-0.3, -0.25) is 4.98 Å². The summed E-state index contributed by atoms with van der Waals surface area (Å²) in [5.41, 5.74) is 6.76. The third-order valence-corrected chi connectivity index (χ3v) is 9.00. The summed E-state index contributed by atoms with van der Waals surface area (Å²) in [5, 5.41) is 3.09. The fourth-order valence-corrected chi connectivity index (χ4v) is 6.25. The van der Waals surface area contributed by atoms with Gasteiger partial charge in [-0.2, -0.15) is 0 Å². The third-order valence-electron chi connectivity index (χ3n) is 9.00. The summed E-state index contributed by atoms with van der Waals surface area (Å²) in [7, 11) is 0. The fraction of sp³-hybridized carbons (Fsp3) is 0.405. The van der Waals surface area contributed by atoms with E-state index in [1.807, 2.05) is 49.9 Å². The Bertz CT molecular complexity index is 1650. The molecule has 1 saturated carbocycles. The number of nitrogens with zero attached hydrogens (tertiary/aromatic N) is 3. The van der Waals surface area contributed by atoms with Crippen molar-refractivity contribution in [3.63, 3.8) is 0 Å². The van der Waals surface area contributed by atoms with E-state index in [0.717, 1.165) is 59.2 Å². The summed E-state index contributed by atoms with van der Waals surface area (Å²) >= 11 is 0. The van der Waals surface area contributed by atoms with Crippen LogP contribution in [0.15, 0.2) is 97.3 Å². The molecule has 1 N–H and O–H groups in total. The van der Waals surface area contributed by atoms with Gasteiger partial charge < -0.3 is 19.9 Å². The van der Waals surface area contributed by atoms with Gasteiger partial charge in [0, 0.05) is 43.8 Å². The normalized spacial score (nSPS) is 13.8. The molecular weight excluding hydrogens is 608 g/mol. The monoisotopic (exact) mass is 660 g/mol. The Morgan fingerprint density at radius 1 is 0.735 bits per heavy atom. The van der Waals surface area contributed by atoms with Gasteiger partial charge in [-0.15, -0.1) is 0 Å². The van der Waals surface area contributed by atoms with Gasteiger partial charge in [-0.1, -0.05) is 107 Å². The first-order chi connectivity index (χ1) is 23.3. The van der Waals surface area contributed by atoms with Gasteiger partial charge in [0.15, 0.2) is 0 Å². The summed E-state index contributed by atoms with van der Waals surface area (Å²) in [6, 6.07) is 28.8. The number of pyridine rings is 1. The standard InChI is InChI=1S/C42H52N4O3/c1-41(2,3)36-22-24-37(25-23-36)44-39(47)45(29-33-11-10-26-43-27-33)28-31-14-18-34(19-15-31)35-20-16-32(17-21-35)30-46(38-12-8-7-9-13-38)40(48)49-42(4,5)6/h10-11,14-27,38H,7-9,12-13,28-30H2,1-6H3,(H,44,47). The Morgan fingerprint density at radius 3 is 1.84 bits per heavy atom. The van der Waals surface area contributed by atoms with Crippen LogP contribution in [0.25, 0.3) is 11.1 Å². The summed E-state index contributed by atoms with van der Waals surface area (Å²) in [6.45, 7) is 13.7. The van der Waals surface area contributed by atoms with Crippen molar-refractivity contribution in [3.8, 4) is 11.1 Å². The van der Waals surface area contributed by atoms with Crippen molar-refractivity contribution in [1.82, 2.24) is 14.8 Å². The minimum Gasteiger partial charge on any atom is -0.444 e. The van der Waals surface area contributed by atoms with Gasteiger partial charge in [0.25, 0.3) is 0 Å². The molecule has 3 aromatic carbocycles. The Morgan fingerprint density at radius 2 is 1.31 bits per heavy atom. The summed E-state index contributed by atoms with van der Waals surface area (Å²) in [5.74, 6) is 0. The van der Waals surface area contributed by atoms with E-state index in [9.17, 15) is 9.59 Å². The molecule has 0 bridgehead atoms. The molecule has 7 heteroatoms. The highest BCUT2D eigenvalue weighted by Gasteiger charge is 2.29. The van der Waals surface area contributed by atoms with Crippen molar-refractivity contribution in [3.05, 3.63) is 120 Å². The smallest absolute Gasteiger partial charge is 0.410 e. The number of amides is 3. The maximum atomic E-state index is 13.6. The average molecular weight is 661 g/mol. The fourth-order valence-electron chi connectivity index (χ4n) is 6.25. The maximum absolute atomic E-state index is 13.6. The SMILES string of the molecule is CC(C)(C)OC(=O)N(Cc1ccc(-c2ccc(CN(Cc3cccnc3)C(=O)Nc3ccc(C(C)(C)C)cc3)cc2)cc1)C1CCCCC1. The van der Waals surface area contributed by atoms with E-state index in [-0.39, 0.29) is 23.6 Å². The number of aromatic nitrogens is 1. The zero-order chi connectivity index (χ0) is 35.0. The van der Waals surface area contributed by atoms with Crippen LogP contribution in [0.1, 0.15) is 95.9 Å². The minimum absolute atomic E-state index is 0.0423. The first kappa shape index (κ1) is 35.7. The van der Waals surface area contributed by atoms with Crippen molar-refractivity contribution in [2.45, 2.75) is 110 Å². The molecule has 0 radical (unpaired) electrons. The van der Waals surface area contributed by atoms with Crippen LogP contribution < -0.4 is 5.32 Å². The molecule has 5 rings (SSSR count). The van der Waals surface area contributed by atoms with Crippen LogP contribution >= 0.6 is 0 Å². The molecule has 49 heavy (non-hydrogen) atoms. The Labute approximate surface area is 292 Å². The van der Waals surface area contributed by atoms with Crippen molar-refractivity contribution in [2.24, 2.45) is 0 Å². The topological polar surface area (TPSA) is 74.8 Å². The molecule has 0 spiro atoms. The molecule has 3 amide bonds. The van der Waals surface area contributed by atoms with Gasteiger partial charge in [0.1, 0.15) is 5.60 Å². The number of rotatable bonds is 9. The molecule has 1 aliphatic carbocycles. The number of ether oxygens (including phenoxy) is 1. The number of hydrogen-bond donors (Lipinski definition) is 1. The number of hydrogen-bond acceptors (Lipinski definition) is 4. The predicted octanol–water partition coefficient (Wildman–Crippen LogP) is 10.4. The Hall–Kier alpha value is -4.65. The molecule has 0 unspecified atom stereocenters. The van der Waals surface area contributed by atoms with Gasteiger partial charge in [0.2, 0.25) is 0 Å². The predicted molar refractivity (Wildman–Crippen MR) is 198 cm³/mol. The van der Waals surface area contributed by atoms with Gasteiger partial charge >= 0.3 is 12.1 Å². The molecule has 4 aromatic rings. The van der Waals surface area contributed by atoms with Crippen molar-refractivity contribution >= 4 is 17.8 Å². The molecule has 0 aliphatic heterocycles. The quantitative estimate of drug-likeness (QED) is 0.194. The Balaban J connectivity index is 1.26. The lowest BCUT2D eigenvalue weighted by atomic mass is 9.87. The molecule has 0 atom stereocenters. The molecule has 1 aliphatic rings. The molecule has 1 fully saturated rings. The number of anilines is 1. The average Bonchev–Trinajstić information content (AvgIpc) is 3.07. The van der Waals surface area contributed by atoms with Crippen molar-refractivity contribution in [1.29, 1.82) is 0 Å². The van der Waals surface area contributed by atoms with Crippen LogP contribution in [0.4, 0.5) is 15.3 Å². The molecule has 258 valence electrons. The zero-order valence-corrected chi connectivity index (χ0v) is 30.0. The Kier molecular flexibility index (Phi) is 11.4. The van der Waals surface area contributed by atoms with Gasteiger partial charge in [0.05, 0.1) is 0 Å². The highest BCUT2D eigenvalue weighted by molar-refractivity contribution is 5.89. The van der Waals surface area contributed by atoms with Crippen LogP contribution in [0.2, 0.25) is 0 Å². The number of carbonyl (C=O) groups excluding carboxylic acids is 2. The second-order valence-corrected chi connectivity index (χ2v) is 15.3. The first-order valence-electron chi connectivity index (χ1n) is 17.6. The molecule has 0 saturated heterocycles. The van der Waals surface area contributed by atoms with Crippen LogP contribution in [0, 0.1) is 0 Å². The lowest BCUT2D eigenvalue weighted by Gasteiger charge is -2.35. The van der Waals surface area contributed by atoms with Gasteiger partial charge in [-0.05, 0) is 90.6 Å². The second-order valence-electron chi connectivity index (χ2n) is 15.3. The maximum Gasteiger partial charge on any atom is 0.410 e. The van der Waals surface area contributed by atoms with E-state index in [1.54, 1.807) is 17.3 Å². The van der Waals surface area contributed by atoms with E-state index >= 15 is 0 Å². The molecule has 7 nitrogen and oxygen atoms in total.